The third-order valence-electron chi connectivity index (χ3n) is 6.30. The topological polar surface area (TPSA) is 227 Å². The van der Waals surface area contributed by atoms with Gasteiger partial charge in [0.15, 0.2) is 11.4 Å². The number of nitrogens with zero attached hydrogens (tertiary/aromatic N) is 6. The molecule has 42 heavy (non-hydrogen) atoms. The van der Waals surface area contributed by atoms with Crippen LogP contribution in [0.25, 0.3) is 16.8 Å². The molecule has 0 unspecified atom stereocenters. The molecule has 0 bridgehead atoms. The molecule has 1 amide bonds. The number of aromatic hydroxyl groups is 1. The van der Waals surface area contributed by atoms with Gasteiger partial charge in [0.05, 0.1) is 27.4 Å². The molecular formula is C25H19N6NaO8S2. The average Bonchev–Trinajstić information content (AvgIpc) is 3.29. The summed E-state index contributed by atoms with van der Waals surface area (Å²) in [5.74, 6) is -0.720. The molecule has 0 saturated heterocycles. The van der Waals surface area contributed by atoms with Gasteiger partial charge in [-0.05, 0) is 61.2 Å². The molecule has 0 spiro atoms. The van der Waals surface area contributed by atoms with Gasteiger partial charge in [-0.1, -0.05) is 18.6 Å². The van der Waals surface area contributed by atoms with Crippen LogP contribution >= 0.6 is 0 Å². The molecule has 2 aromatic rings. The first-order chi connectivity index (χ1) is 19.4. The van der Waals surface area contributed by atoms with E-state index in [-0.39, 0.29) is 75.8 Å². The Morgan fingerprint density at radius 2 is 1.74 bits per heavy atom. The summed E-state index contributed by atoms with van der Waals surface area (Å²) in [6, 6.07) is 14.4. The van der Waals surface area contributed by atoms with Crippen LogP contribution in [0.2, 0.25) is 0 Å². The minimum absolute atomic E-state index is 0. The van der Waals surface area contributed by atoms with Crippen molar-refractivity contribution in [1.29, 1.82) is 10.5 Å². The van der Waals surface area contributed by atoms with Crippen molar-refractivity contribution >= 4 is 38.4 Å². The summed E-state index contributed by atoms with van der Waals surface area (Å²) in [4.78, 5) is 12.9. The number of aromatic nitrogens is 2. The van der Waals surface area contributed by atoms with Crippen LogP contribution in [0.15, 0.2) is 63.6 Å². The standard InChI is InChI=1S/C25H18N6O5S.Na.HO3S/c1-2-14(3-9-18-20(12-26)28-31(24(18)32)22-10-4-15-11-19(15)22)23-21(13-27)29-30(25(23)33)16-5-7-17(8-6-16)37(34,35)36;;1-4(2)3/h4-8,10-11,32H,2-3,9H2,1H3,(H,34,35,36);;(H,1,2,3)/q;+1;-1. The number of allylic oxidation sites excluding steroid dienone is 1. The van der Waals surface area contributed by atoms with E-state index in [9.17, 15) is 33.4 Å². The Balaban J connectivity index is 0.000000911. The number of hydrogen-bond donors (Lipinski definition) is 3. The molecule has 210 valence electrons. The first-order valence-electron chi connectivity index (χ1n) is 11.7. The normalized spacial score (nSPS) is 14.3. The molecule has 14 nitrogen and oxygen atoms in total. The fourth-order valence-corrected chi connectivity index (χ4v) is 4.82. The molecule has 1 aromatic heterocycles. The van der Waals surface area contributed by atoms with Gasteiger partial charge >= 0.3 is 29.6 Å². The minimum atomic E-state index is -4.41. The molecular weight excluding hydrogens is 599 g/mol. The predicted octanol–water partition coefficient (Wildman–Crippen LogP) is 0.0150. The Kier molecular flexibility index (Phi) is 10.1. The summed E-state index contributed by atoms with van der Waals surface area (Å²) >= 11 is 0. The molecule has 3 N–H and O–H groups in total. The van der Waals surface area contributed by atoms with Crippen LogP contribution in [0, 0.1) is 22.7 Å². The van der Waals surface area contributed by atoms with E-state index in [0.717, 1.165) is 28.3 Å². The number of carbonyl (C=O) groups is 1. The molecule has 0 saturated carbocycles. The summed E-state index contributed by atoms with van der Waals surface area (Å²) in [6.07, 6.45) is 0.857. The zero-order valence-corrected chi connectivity index (χ0v) is 25.7. The Morgan fingerprint density at radius 3 is 2.21 bits per heavy atom. The summed E-state index contributed by atoms with van der Waals surface area (Å²) in [5.41, 5.74) is 3.95. The van der Waals surface area contributed by atoms with Gasteiger partial charge in [0.2, 0.25) is 5.88 Å². The predicted molar refractivity (Wildman–Crippen MR) is 143 cm³/mol. The maximum Gasteiger partial charge on any atom is 1.00 e. The molecule has 2 aliphatic carbocycles. The summed E-state index contributed by atoms with van der Waals surface area (Å²) in [5, 5.41) is 39.4. The fraction of sp³-hybridized carbons (Fsp3) is 0.160. The first kappa shape index (κ1) is 32.6. The van der Waals surface area contributed by atoms with Gasteiger partial charge in [-0.3, -0.25) is 9.35 Å². The van der Waals surface area contributed by atoms with Crippen LogP contribution < -0.4 is 34.6 Å². The molecule has 5 rings (SSSR count). The maximum absolute atomic E-state index is 13.3. The quantitative estimate of drug-likeness (QED) is 0.0822. The number of anilines is 1. The van der Waals surface area contributed by atoms with E-state index in [1.54, 1.807) is 0 Å². The van der Waals surface area contributed by atoms with Gasteiger partial charge in [-0.2, -0.15) is 38.8 Å². The van der Waals surface area contributed by atoms with E-state index in [1.165, 1.54) is 16.8 Å². The van der Waals surface area contributed by atoms with Gasteiger partial charge in [0.25, 0.3) is 16.0 Å². The third kappa shape index (κ3) is 6.61. The minimum Gasteiger partial charge on any atom is -0.493 e. The molecule has 17 heteroatoms. The van der Waals surface area contributed by atoms with Crippen molar-refractivity contribution < 1.29 is 65.4 Å². The van der Waals surface area contributed by atoms with Gasteiger partial charge in [0, 0.05) is 16.5 Å². The van der Waals surface area contributed by atoms with Crippen molar-refractivity contribution in [3.05, 3.63) is 64.9 Å². The molecule has 1 aromatic carbocycles. The SMILES string of the molecule is CCC(CCc1c(C#N)nn(-c2ccc3cc2-3)c1O)=C1C(=O)N(c2ccc(S(=O)(=O)O)cc2)N=C1C#N.O=[S-](=O)O.[Na+]. The third-order valence-corrected chi connectivity index (χ3v) is 7.17. The van der Waals surface area contributed by atoms with E-state index in [4.69, 9.17) is 13.0 Å². The van der Waals surface area contributed by atoms with Crippen LogP contribution in [-0.2, 0) is 40.7 Å². The molecule has 2 heterocycles. The van der Waals surface area contributed by atoms with E-state index in [2.05, 4.69) is 10.2 Å². The smallest absolute Gasteiger partial charge is 0.493 e. The molecule has 0 radical (unpaired) electrons. The van der Waals surface area contributed by atoms with Crippen molar-refractivity contribution in [3.63, 3.8) is 0 Å². The molecule has 0 atom stereocenters. The monoisotopic (exact) mass is 618 g/mol. The zero-order valence-electron chi connectivity index (χ0n) is 22.0. The number of hydrogen-bond acceptors (Lipinski definition) is 11. The Labute approximate surface area is 263 Å². The number of nitriles is 2. The van der Waals surface area contributed by atoms with Crippen molar-refractivity contribution in [3.8, 4) is 34.8 Å². The van der Waals surface area contributed by atoms with E-state index < -0.39 is 27.0 Å². The summed E-state index contributed by atoms with van der Waals surface area (Å²) < 4.78 is 57.2. The van der Waals surface area contributed by atoms with Crippen LogP contribution in [0.1, 0.15) is 31.0 Å². The fourth-order valence-electron chi connectivity index (χ4n) is 4.34. The van der Waals surface area contributed by atoms with Crippen molar-refractivity contribution in [2.24, 2.45) is 5.10 Å². The summed E-state index contributed by atoms with van der Waals surface area (Å²) in [6.45, 7) is 1.82. The molecule has 0 fully saturated rings. The van der Waals surface area contributed by atoms with E-state index >= 15 is 0 Å². The number of amides is 1. The van der Waals surface area contributed by atoms with Crippen LogP contribution in [0.3, 0.4) is 0 Å². The van der Waals surface area contributed by atoms with Crippen molar-refractivity contribution in [2.45, 2.75) is 31.1 Å². The summed E-state index contributed by atoms with van der Waals surface area (Å²) in [7, 11) is -7.27. The average molecular weight is 619 g/mol. The zero-order chi connectivity index (χ0) is 30.1. The molecule has 1 aliphatic heterocycles. The Hall–Kier alpha value is -3.87. The number of fused-ring (bicyclic) bond motifs is 1. The second-order valence-corrected chi connectivity index (χ2v) is 10.5. The Bertz CT molecular complexity index is 1910. The largest absolute Gasteiger partial charge is 1.00 e. The van der Waals surface area contributed by atoms with Gasteiger partial charge in [-0.15, -0.1) is 0 Å². The van der Waals surface area contributed by atoms with Crippen LogP contribution in [0.5, 0.6) is 5.88 Å². The van der Waals surface area contributed by atoms with E-state index in [0.29, 0.717) is 23.2 Å². The second kappa shape index (κ2) is 13.0. The van der Waals surface area contributed by atoms with Crippen molar-refractivity contribution in [1.82, 2.24) is 9.78 Å². The number of rotatable bonds is 7. The van der Waals surface area contributed by atoms with E-state index in [1.807, 2.05) is 37.3 Å². The van der Waals surface area contributed by atoms with Crippen LogP contribution in [0.4, 0.5) is 5.69 Å². The van der Waals surface area contributed by atoms with Gasteiger partial charge < -0.3 is 18.1 Å². The number of carbonyl (C=O) groups excluding carboxylic acids is 1. The second-order valence-electron chi connectivity index (χ2n) is 8.60. The van der Waals surface area contributed by atoms with Crippen molar-refractivity contribution in [2.75, 3.05) is 5.01 Å². The molecule has 3 aliphatic rings. The van der Waals surface area contributed by atoms with Crippen LogP contribution in [-0.4, -0.2) is 44.0 Å². The van der Waals surface area contributed by atoms with Gasteiger partial charge in [-0.25, -0.2) is 0 Å². The first-order valence-corrected chi connectivity index (χ1v) is 14.2. The Morgan fingerprint density at radius 1 is 1.10 bits per heavy atom. The maximum atomic E-state index is 13.3. The number of benzene rings is 2. The van der Waals surface area contributed by atoms with Gasteiger partial charge in [0.1, 0.15) is 12.1 Å². The number of hydrazone groups is 1.